The van der Waals surface area contributed by atoms with Crippen LogP contribution < -0.4 is 5.32 Å². The second kappa shape index (κ2) is 7.26. The molecule has 1 aliphatic heterocycles. The molecule has 0 aromatic carbocycles. The molecule has 5 heteroatoms. The SMILES string of the molecule is CC1CN(Cc2cnn(CCCCBr)c2)CCN1. The quantitative estimate of drug-likeness (QED) is 0.642. The lowest BCUT2D eigenvalue weighted by atomic mass is 10.2. The number of piperazine rings is 1. The molecule has 0 spiro atoms. The number of unbranched alkanes of at least 4 members (excludes halogenated alkanes) is 1. The highest BCUT2D eigenvalue weighted by atomic mass is 79.9. The minimum Gasteiger partial charge on any atom is -0.312 e. The molecule has 18 heavy (non-hydrogen) atoms. The van der Waals surface area contributed by atoms with E-state index in [4.69, 9.17) is 0 Å². The summed E-state index contributed by atoms with van der Waals surface area (Å²) < 4.78 is 2.07. The summed E-state index contributed by atoms with van der Waals surface area (Å²) in [5, 5.41) is 8.99. The normalized spacial score (nSPS) is 21.3. The number of aromatic nitrogens is 2. The van der Waals surface area contributed by atoms with Crippen LogP contribution in [-0.2, 0) is 13.1 Å². The van der Waals surface area contributed by atoms with E-state index in [0.29, 0.717) is 6.04 Å². The summed E-state index contributed by atoms with van der Waals surface area (Å²) in [5.74, 6) is 0. The molecule has 0 saturated carbocycles. The van der Waals surface area contributed by atoms with Crippen LogP contribution in [0, 0.1) is 0 Å². The van der Waals surface area contributed by atoms with Crippen molar-refractivity contribution < 1.29 is 0 Å². The first-order chi connectivity index (χ1) is 8.78. The van der Waals surface area contributed by atoms with Crippen LogP contribution in [-0.4, -0.2) is 45.7 Å². The van der Waals surface area contributed by atoms with Crippen LogP contribution in [0.4, 0.5) is 0 Å². The molecule has 1 unspecified atom stereocenters. The van der Waals surface area contributed by atoms with E-state index in [2.05, 4.69) is 49.0 Å². The Morgan fingerprint density at radius 3 is 3.17 bits per heavy atom. The highest BCUT2D eigenvalue weighted by Crippen LogP contribution is 2.07. The van der Waals surface area contributed by atoms with Crippen LogP contribution in [0.25, 0.3) is 0 Å². The van der Waals surface area contributed by atoms with Crippen molar-refractivity contribution in [3.63, 3.8) is 0 Å². The van der Waals surface area contributed by atoms with Crippen molar-refractivity contribution in [3.05, 3.63) is 18.0 Å². The summed E-state index contributed by atoms with van der Waals surface area (Å²) in [6, 6.07) is 0.604. The smallest absolute Gasteiger partial charge is 0.0534 e. The predicted molar refractivity (Wildman–Crippen MR) is 78.0 cm³/mol. The average Bonchev–Trinajstić information content (AvgIpc) is 2.77. The van der Waals surface area contributed by atoms with Crippen LogP contribution in [0.3, 0.4) is 0 Å². The number of rotatable bonds is 6. The Kier molecular flexibility index (Phi) is 5.66. The van der Waals surface area contributed by atoms with Gasteiger partial charge in [0, 0.05) is 55.9 Å². The minimum atomic E-state index is 0.604. The molecule has 1 aliphatic rings. The van der Waals surface area contributed by atoms with Gasteiger partial charge in [-0.1, -0.05) is 15.9 Å². The Hall–Kier alpha value is -0.390. The van der Waals surface area contributed by atoms with Gasteiger partial charge in [-0.3, -0.25) is 9.58 Å². The molecule has 1 aromatic heterocycles. The predicted octanol–water partition coefficient (Wildman–Crippen LogP) is 1.85. The van der Waals surface area contributed by atoms with E-state index >= 15 is 0 Å². The number of nitrogens with one attached hydrogen (secondary N) is 1. The van der Waals surface area contributed by atoms with Gasteiger partial charge in [0.25, 0.3) is 0 Å². The molecule has 1 aromatic rings. The van der Waals surface area contributed by atoms with Crippen LogP contribution in [0.15, 0.2) is 12.4 Å². The van der Waals surface area contributed by atoms with Crippen molar-refractivity contribution in [1.82, 2.24) is 20.0 Å². The summed E-state index contributed by atoms with van der Waals surface area (Å²) in [6.07, 6.45) is 6.61. The summed E-state index contributed by atoms with van der Waals surface area (Å²) in [4.78, 5) is 2.50. The Balaban J connectivity index is 1.78. The molecular formula is C13H23BrN4. The highest BCUT2D eigenvalue weighted by Gasteiger charge is 2.15. The van der Waals surface area contributed by atoms with Crippen molar-refractivity contribution >= 4 is 15.9 Å². The van der Waals surface area contributed by atoms with Crippen LogP contribution in [0.2, 0.25) is 0 Å². The molecule has 1 saturated heterocycles. The summed E-state index contributed by atoms with van der Waals surface area (Å²) >= 11 is 3.46. The van der Waals surface area contributed by atoms with E-state index in [1.54, 1.807) is 0 Å². The largest absolute Gasteiger partial charge is 0.312 e. The Labute approximate surface area is 118 Å². The first kappa shape index (κ1) is 14.0. The zero-order valence-corrected chi connectivity index (χ0v) is 12.7. The molecular weight excluding hydrogens is 292 g/mol. The van der Waals surface area contributed by atoms with Crippen molar-refractivity contribution in [2.45, 2.75) is 38.9 Å². The van der Waals surface area contributed by atoms with Gasteiger partial charge in [-0.05, 0) is 19.8 Å². The monoisotopic (exact) mass is 314 g/mol. The van der Waals surface area contributed by atoms with E-state index < -0.39 is 0 Å². The fourth-order valence-corrected chi connectivity index (χ4v) is 2.79. The fraction of sp³-hybridized carbons (Fsp3) is 0.769. The van der Waals surface area contributed by atoms with E-state index in [0.717, 1.165) is 38.1 Å². The van der Waals surface area contributed by atoms with Gasteiger partial charge in [-0.25, -0.2) is 0 Å². The fourth-order valence-electron chi connectivity index (χ4n) is 2.39. The molecule has 102 valence electrons. The number of aryl methyl sites for hydroxylation is 1. The number of nitrogens with zero attached hydrogens (tertiary/aromatic N) is 3. The van der Waals surface area contributed by atoms with Crippen molar-refractivity contribution in [1.29, 1.82) is 0 Å². The van der Waals surface area contributed by atoms with Gasteiger partial charge in [0.15, 0.2) is 0 Å². The molecule has 0 radical (unpaired) electrons. The third kappa shape index (κ3) is 4.37. The molecule has 4 nitrogen and oxygen atoms in total. The standard InChI is InChI=1S/C13H23BrN4/c1-12-9-17(7-5-15-12)10-13-8-16-18(11-13)6-3-2-4-14/h8,11-12,15H,2-7,9-10H2,1H3. The Bertz CT molecular complexity index is 353. The molecule has 0 aliphatic carbocycles. The summed E-state index contributed by atoms with van der Waals surface area (Å²) in [5.41, 5.74) is 1.34. The van der Waals surface area contributed by atoms with Gasteiger partial charge in [0.1, 0.15) is 0 Å². The van der Waals surface area contributed by atoms with Crippen molar-refractivity contribution in [2.24, 2.45) is 0 Å². The van der Waals surface area contributed by atoms with Crippen molar-refractivity contribution in [2.75, 3.05) is 25.0 Å². The second-order valence-electron chi connectivity index (χ2n) is 5.10. The van der Waals surface area contributed by atoms with Crippen molar-refractivity contribution in [3.8, 4) is 0 Å². The maximum Gasteiger partial charge on any atom is 0.0534 e. The highest BCUT2D eigenvalue weighted by molar-refractivity contribution is 9.09. The summed E-state index contributed by atoms with van der Waals surface area (Å²) in [7, 11) is 0. The molecule has 2 heterocycles. The molecule has 1 atom stereocenters. The van der Waals surface area contributed by atoms with Crippen LogP contribution >= 0.6 is 15.9 Å². The summed E-state index contributed by atoms with van der Waals surface area (Å²) in [6.45, 7) is 7.68. The van der Waals surface area contributed by atoms with E-state index in [9.17, 15) is 0 Å². The third-order valence-electron chi connectivity index (χ3n) is 3.32. The molecule has 2 rings (SSSR count). The van der Waals surface area contributed by atoms with Gasteiger partial charge in [0.05, 0.1) is 6.20 Å². The van der Waals surface area contributed by atoms with E-state index in [-0.39, 0.29) is 0 Å². The molecule has 1 fully saturated rings. The molecule has 1 N–H and O–H groups in total. The van der Waals surface area contributed by atoms with Crippen LogP contribution in [0.1, 0.15) is 25.3 Å². The zero-order chi connectivity index (χ0) is 12.8. The van der Waals surface area contributed by atoms with Gasteiger partial charge < -0.3 is 5.32 Å². The van der Waals surface area contributed by atoms with Gasteiger partial charge in [-0.15, -0.1) is 0 Å². The minimum absolute atomic E-state index is 0.604. The lowest BCUT2D eigenvalue weighted by Crippen LogP contribution is -2.48. The maximum atomic E-state index is 4.43. The lowest BCUT2D eigenvalue weighted by Gasteiger charge is -2.31. The molecule has 0 bridgehead atoms. The first-order valence-electron chi connectivity index (χ1n) is 6.81. The number of alkyl halides is 1. The number of halogens is 1. The Morgan fingerprint density at radius 1 is 1.50 bits per heavy atom. The average molecular weight is 315 g/mol. The van der Waals surface area contributed by atoms with Gasteiger partial charge in [0.2, 0.25) is 0 Å². The van der Waals surface area contributed by atoms with E-state index in [1.807, 2.05) is 6.20 Å². The van der Waals surface area contributed by atoms with Gasteiger partial charge in [-0.2, -0.15) is 5.10 Å². The topological polar surface area (TPSA) is 33.1 Å². The maximum absolute atomic E-state index is 4.43. The Morgan fingerprint density at radius 2 is 2.39 bits per heavy atom. The zero-order valence-electron chi connectivity index (χ0n) is 11.1. The van der Waals surface area contributed by atoms with Gasteiger partial charge >= 0.3 is 0 Å². The second-order valence-corrected chi connectivity index (χ2v) is 5.89. The number of hydrogen-bond acceptors (Lipinski definition) is 3. The first-order valence-corrected chi connectivity index (χ1v) is 7.93. The molecule has 0 amide bonds. The lowest BCUT2D eigenvalue weighted by molar-refractivity contribution is 0.199. The van der Waals surface area contributed by atoms with E-state index in [1.165, 1.54) is 18.4 Å². The third-order valence-corrected chi connectivity index (χ3v) is 3.88. The number of hydrogen-bond donors (Lipinski definition) is 1. The van der Waals surface area contributed by atoms with Crippen LogP contribution in [0.5, 0.6) is 0 Å².